The third-order valence-electron chi connectivity index (χ3n) is 3.43. The van der Waals surface area contributed by atoms with Crippen LogP contribution in [0.25, 0.3) is 0 Å². The molecule has 1 aromatic carbocycles. The highest BCUT2D eigenvalue weighted by atomic mass is 15.3. The highest BCUT2D eigenvalue weighted by Crippen LogP contribution is 2.26. The molecule has 4 nitrogen and oxygen atoms in total. The Morgan fingerprint density at radius 2 is 1.95 bits per heavy atom. The number of anilines is 2. The summed E-state index contributed by atoms with van der Waals surface area (Å²) in [5.41, 5.74) is 10.3. The molecule has 2 rings (SSSR count). The molecule has 0 bridgehead atoms. The highest BCUT2D eigenvalue weighted by Gasteiger charge is 2.14. The lowest BCUT2D eigenvalue weighted by molar-refractivity contribution is 0.734. The predicted octanol–water partition coefficient (Wildman–Crippen LogP) is 3.05. The number of benzene rings is 1. The van der Waals surface area contributed by atoms with Crippen molar-refractivity contribution in [2.45, 2.75) is 33.2 Å². The van der Waals surface area contributed by atoms with Crippen LogP contribution in [0.2, 0.25) is 0 Å². The fraction of sp³-hybridized carbons (Fsp3) is 0.400. The predicted molar refractivity (Wildman–Crippen MR) is 80.2 cm³/mol. The molecule has 0 fully saturated rings. The summed E-state index contributed by atoms with van der Waals surface area (Å²) in [5.74, 6) is 0.893. The minimum Gasteiger partial charge on any atom is -0.394 e. The van der Waals surface area contributed by atoms with Crippen LogP contribution in [0.5, 0.6) is 0 Å². The van der Waals surface area contributed by atoms with Gasteiger partial charge >= 0.3 is 0 Å². The molecule has 102 valence electrons. The van der Waals surface area contributed by atoms with Crippen molar-refractivity contribution < 1.29 is 0 Å². The summed E-state index contributed by atoms with van der Waals surface area (Å²) in [6.07, 6.45) is 0.847. The van der Waals surface area contributed by atoms with Gasteiger partial charge in [-0.05, 0) is 25.8 Å². The number of nitrogen functional groups attached to an aromatic ring is 1. The van der Waals surface area contributed by atoms with Gasteiger partial charge in [-0.1, -0.05) is 36.8 Å². The number of hydrogen-bond acceptors (Lipinski definition) is 3. The number of aryl methyl sites for hydroxylation is 3. The third-order valence-corrected chi connectivity index (χ3v) is 3.43. The second-order valence-corrected chi connectivity index (χ2v) is 4.96. The van der Waals surface area contributed by atoms with Crippen LogP contribution < -0.4 is 11.1 Å². The van der Waals surface area contributed by atoms with Gasteiger partial charge in [0, 0.05) is 7.05 Å². The van der Waals surface area contributed by atoms with Crippen LogP contribution in [0.3, 0.4) is 0 Å². The fourth-order valence-corrected chi connectivity index (χ4v) is 2.17. The molecule has 0 aliphatic rings. The number of aromatic nitrogens is 2. The van der Waals surface area contributed by atoms with E-state index in [9.17, 15) is 0 Å². The lowest BCUT2D eigenvalue weighted by Crippen LogP contribution is -2.11. The molecule has 0 aliphatic carbocycles. The maximum atomic E-state index is 6.12. The van der Waals surface area contributed by atoms with Gasteiger partial charge < -0.3 is 11.1 Å². The number of rotatable bonds is 4. The van der Waals surface area contributed by atoms with Crippen molar-refractivity contribution in [3.63, 3.8) is 0 Å². The first kappa shape index (κ1) is 13.5. The summed E-state index contributed by atoms with van der Waals surface area (Å²) < 4.78 is 1.82. The molecule has 3 N–H and O–H groups in total. The maximum Gasteiger partial charge on any atom is 0.148 e. The van der Waals surface area contributed by atoms with Crippen LogP contribution in [0.4, 0.5) is 11.5 Å². The Kier molecular flexibility index (Phi) is 3.79. The zero-order valence-electron chi connectivity index (χ0n) is 12.1. The molecule has 2 aromatic rings. The standard InChI is InChI=1S/C15H22N4/c1-5-13-14(16)15(19(4)18-13)17-11(3)12-8-6-10(2)7-9-12/h6-9,11,17H,5,16H2,1-4H3. The van der Waals surface area contributed by atoms with Crippen molar-refractivity contribution in [2.24, 2.45) is 7.05 Å². The van der Waals surface area contributed by atoms with Crippen LogP contribution in [0.1, 0.15) is 36.7 Å². The molecule has 1 atom stereocenters. The highest BCUT2D eigenvalue weighted by molar-refractivity contribution is 5.65. The average molecular weight is 258 g/mol. The van der Waals surface area contributed by atoms with Gasteiger partial charge in [-0.25, -0.2) is 0 Å². The molecule has 0 saturated heterocycles. The molecule has 0 aliphatic heterocycles. The van der Waals surface area contributed by atoms with Crippen molar-refractivity contribution >= 4 is 11.5 Å². The lowest BCUT2D eigenvalue weighted by atomic mass is 10.1. The SMILES string of the molecule is CCc1nn(C)c(NC(C)c2ccc(C)cc2)c1N. The van der Waals surface area contributed by atoms with E-state index in [1.54, 1.807) is 0 Å². The van der Waals surface area contributed by atoms with E-state index >= 15 is 0 Å². The van der Waals surface area contributed by atoms with E-state index in [1.807, 2.05) is 11.7 Å². The molecular formula is C15H22N4. The number of nitrogens with zero attached hydrogens (tertiary/aromatic N) is 2. The van der Waals surface area contributed by atoms with E-state index in [0.29, 0.717) is 0 Å². The summed E-state index contributed by atoms with van der Waals surface area (Å²) in [6.45, 7) is 6.28. The first-order chi connectivity index (χ1) is 9.02. The Labute approximate surface area is 114 Å². The van der Waals surface area contributed by atoms with Gasteiger partial charge in [0.2, 0.25) is 0 Å². The summed E-state index contributed by atoms with van der Waals surface area (Å²) >= 11 is 0. The van der Waals surface area contributed by atoms with Crippen molar-refractivity contribution in [1.29, 1.82) is 0 Å². The van der Waals surface area contributed by atoms with Crippen molar-refractivity contribution in [3.05, 3.63) is 41.1 Å². The van der Waals surface area contributed by atoms with Crippen LogP contribution in [0, 0.1) is 6.92 Å². The second-order valence-electron chi connectivity index (χ2n) is 4.96. The normalized spacial score (nSPS) is 12.4. The molecule has 19 heavy (non-hydrogen) atoms. The van der Waals surface area contributed by atoms with E-state index in [4.69, 9.17) is 5.73 Å². The minimum atomic E-state index is 0.197. The number of nitrogens with one attached hydrogen (secondary N) is 1. The Hall–Kier alpha value is -1.97. The van der Waals surface area contributed by atoms with E-state index < -0.39 is 0 Å². The molecule has 1 aromatic heterocycles. The largest absolute Gasteiger partial charge is 0.394 e. The van der Waals surface area contributed by atoms with E-state index in [0.717, 1.165) is 23.6 Å². The lowest BCUT2D eigenvalue weighted by Gasteiger charge is -2.16. The van der Waals surface area contributed by atoms with Gasteiger partial charge in [0.25, 0.3) is 0 Å². The molecule has 4 heteroatoms. The Morgan fingerprint density at radius 1 is 1.32 bits per heavy atom. The Morgan fingerprint density at radius 3 is 2.47 bits per heavy atom. The third kappa shape index (κ3) is 2.72. The van der Waals surface area contributed by atoms with Gasteiger partial charge in [0.15, 0.2) is 0 Å². The van der Waals surface area contributed by atoms with Crippen molar-refractivity contribution in [2.75, 3.05) is 11.1 Å². The Bertz CT molecular complexity index is 554. The first-order valence-corrected chi connectivity index (χ1v) is 6.67. The zero-order valence-corrected chi connectivity index (χ0v) is 12.1. The summed E-state index contributed by atoms with van der Waals surface area (Å²) in [7, 11) is 1.92. The average Bonchev–Trinajstić information content (AvgIpc) is 2.67. The van der Waals surface area contributed by atoms with Crippen LogP contribution in [0.15, 0.2) is 24.3 Å². The second kappa shape index (κ2) is 5.34. The molecule has 0 saturated carbocycles. The van der Waals surface area contributed by atoms with E-state index in [2.05, 4.69) is 55.5 Å². The van der Waals surface area contributed by atoms with E-state index in [1.165, 1.54) is 11.1 Å². The molecule has 0 spiro atoms. The van der Waals surface area contributed by atoms with E-state index in [-0.39, 0.29) is 6.04 Å². The number of hydrogen-bond donors (Lipinski definition) is 2. The first-order valence-electron chi connectivity index (χ1n) is 6.67. The minimum absolute atomic E-state index is 0.197. The zero-order chi connectivity index (χ0) is 14.0. The van der Waals surface area contributed by atoms with Crippen molar-refractivity contribution in [3.8, 4) is 0 Å². The van der Waals surface area contributed by atoms with Gasteiger partial charge in [-0.2, -0.15) is 5.10 Å². The quantitative estimate of drug-likeness (QED) is 0.886. The summed E-state index contributed by atoms with van der Waals surface area (Å²) in [6, 6.07) is 8.72. The van der Waals surface area contributed by atoms with Gasteiger partial charge in [-0.3, -0.25) is 4.68 Å². The van der Waals surface area contributed by atoms with Gasteiger partial charge in [-0.15, -0.1) is 0 Å². The maximum absolute atomic E-state index is 6.12. The fourth-order valence-electron chi connectivity index (χ4n) is 2.17. The van der Waals surface area contributed by atoms with Crippen molar-refractivity contribution in [1.82, 2.24) is 9.78 Å². The van der Waals surface area contributed by atoms with Crippen LogP contribution in [-0.2, 0) is 13.5 Å². The van der Waals surface area contributed by atoms with Gasteiger partial charge in [0.05, 0.1) is 17.4 Å². The van der Waals surface area contributed by atoms with Crippen LogP contribution in [-0.4, -0.2) is 9.78 Å². The van der Waals surface area contributed by atoms with Crippen LogP contribution >= 0.6 is 0 Å². The molecule has 1 unspecified atom stereocenters. The Balaban J connectivity index is 2.21. The summed E-state index contributed by atoms with van der Waals surface area (Å²) in [5, 5.41) is 7.86. The smallest absolute Gasteiger partial charge is 0.148 e. The molecule has 0 amide bonds. The monoisotopic (exact) mass is 258 g/mol. The summed E-state index contributed by atoms with van der Waals surface area (Å²) in [4.78, 5) is 0. The molecular weight excluding hydrogens is 236 g/mol. The number of nitrogens with two attached hydrogens (primary N) is 1. The van der Waals surface area contributed by atoms with Gasteiger partial charge in [0.1, 0.15) is 5.82 Å². The molecule has 0 radical (unpaired) electrons. The topological polar surface area (TPSA) is 55.9 Å². The molecule has 1 heterocycles.